The van der Waals surface area contributed by atoms with Crippen LogP contribution in [0.2, 0.25) is 0 Å². The molecule has 0 aliphatic heterocycles. The molecule has 2 aromatic heterocycles. The summed E-state index contributed by atoms with van der Waals surface area (Å²) in [5, 5.41) is 12.0. The number of aromatic nitrogens is 3. The molecule has 10 nitrogen and oxygen atoms in total. The molecule has 0 aliphatic carbocycles. The predicted octanol–water partition coefficient (Wildman–Crippen LogP) is 2.81. The zero-order chi connectivity index (χ0) is 24.3. The monoisotopic (exact) mass is 462 g/mol. The van der Waals surface area contributed by atoms with E-state index in [0.29, 0.717) is 41.8 Å². The topological polar surface area (TPSA) is 147 Å². The summed E-state index contributed by atoms with van der Waals surface area (Å²) in [6.07, 6.45) is 6.69. The molecule has 0 fully saturated rings. The molecule has 1 aromatic carbocycles. The van der Waals surface area contributed by atoms with E-state index in [2.05, 4.69) is 36.2 Å². The molecule has 3 rings (SSSR count). The number of nitrogens with zero attached hydrogens (tertiary/aromatic N) is 3. The largest absolute Gasteiger partial charge is 0.369 e. The van der Waals surface area contributed by atoms with Crippen LogP contribution in [0, 0.1) is 6.92 Å². The molecule has 0 saturated carbocycles. The Morgan fingerprint density at radius 3 is 2.56 bits per heavy atom. The first-order valence-electron chi connectivity index (χ1n) is 11.2. The Morgan fingerprint density at radius 2 is 1.82 bits per heavy atom. The fourth-order valence-electron chi connectivity index (χ4n) is 3.11. The molecule has 0 atom stereocenters. The lowest BCUT2D eigenvalue weighted by Gasteiger charge is -2.14. The summed E-state index contributed by atoms with van der Waals surface area (Å²) in [5.41, 5.74) is 8.83. The fraction of sp³-hybridized carbons (Fsp3) is 0.292. The fourth-order valence-corrected chi connectivity index (χ4v) is 3.11. The first-order chi connectivity index (χ1) is 16.5. The van der Waals surface area contributed by atoms with Gasteiger partial charge >= 0.3 is 0 Å². The SMILES string of the molecule is CCCNc1nc(NCCc2ccncc2)ncc1C(=O)Nc1ccc(C)c(NC(=O)CN)c1. The number of nitrogens with one attached hydrogen (secondary N) is 4. The molecule has 2 amide bonds. The van der Waals surface area contributed by atoms with E-state index < -0.39 is 0 Å². The third-order valence-corrected chi connectivity index (χ3v) is 4.98. The summed E-state index contributed by atoms with van der Waals surface area (Å²) in [6.45, 7) is 5.07. The number of amides is 2. The van der Waals surface area contributed by atoms with Crippen molar-refractivity contribution in [3.8, 4) is 0 Å². The van der Waals surface area contributed by atoms with Crippen molar-refractivity contribution in [1.82, 2.24) is 15.0 Å². The normalized spacial score (nSPS) is 10.4. The second-order valence-electron chi connectivity index (χ2n) is 7.65. The van der Waals surface area contributed by atoms with Gasteiger partial charge in [-0.2, -0.15) is 4.98 Å². The molecule has 6 N–H and O–H groups in total. The van der Waals surface area contributed by atoms with Crippen LogP contribution < -0.4 is 27.0 Å². The molecule has 0 bridgehead atoms. The van der Waals surface area contributed by atoms with Crippen LogP contribution in [-0.4, -0.2) is 46.4 Å². The minimum Gasteiger partial charge on any atom is -0.369 e. The molecule has 0 radical (unpaired) electrons. The minimum absolute atomic E-state index is 0.122. The lowest BCUT2D eigenvalue weighted by atomic mass is 10.1. The maximum atomic E-state index is 13.0. The highest BCUT2D eigenvalue weighted by Gasteiger charge is 2.16. The van der Waals surface area contributed by atoms with Gasteiger partial charge in [0.2, 0.25) is 11.9 Å². The summed E-state index contributed by atoms with van der Waals surface area (Å²) >= 11 is 0. The number of nitrogens with two attached hydrogens (primary N) is 1. The Hall–Kier alpha value is -4.05. The van der Waals surface area contributed by atoms with Crippen LogP contribution in [0.5, 0.6) is 0 Å². The van der Waals surface area contributed by atoms with Gasteiger partial charge in [-0.3, -0.25) is 14.6 Å². The lowest BCUT2D eigenvalue weighted by Crippen LogP contribution is -2.22. The molecular formula is C24H30N8O2. The van der Waals surface area contributed by atoms with Gasteiger partial charge in [0.1, 0.15) is 11.4 Å². The first-order valence-corrected chi connectivity index (χ1v) is 11.2. The van der Waals surface area contributed by atoms with Crippen LogP contribution in [0.25, 0.3) is 0 Å². The summed E-state index contributed by atoms with van der Waals surface area (Å²) in [4.78, 5) is 37.5. The average molecular weight is 463 g/mol. The Morgan fingerprint density at radius 1 is 1.03 bits per heavy atom. The van der Waals surface area contributed by atoms with Gasteiger partial charge in [0.25, 0.3) is 5.91 Å². The molecule has 3 aromatic rings. The number of hydrogen-bond donors (Lipinski definition) is 5. The van der Waals surface area contributed by atoms with Gasteiger partial charge < -0.3 is 27.0 Å². The molecule has 0 spiro atoms. The smallest absolute Gasteiger partial charge is 0.260 e. The number of pyridine rings is 1. The summed E-state index contributed by atoms with van der Waals surface area (Å²) in [5.74, 6) is 0.218. The van der Waals surface area contributed by atoms with Crippen LogP contribution in [0.3, 0.4) is 0 Å². The first kappa shape index (κ1) is 24.6. The van der Waals surface area contributed by atoms with Crippen molar-refractivity contribution < 1.29 is 9.59 Å². The zero-order valence-corrected chi connectivity index (χ0v) is 19.4. The number of hydrogen-bond acceptors (Lipinski definition) is 8. The van der Waals surface area contributed by atoms with Gasteiger partial charge in [0.05, 0.1) is 6.54 Å². The Bertz CT molecular complexity index is 1120. The van der Waals surface area contributed by atoms with Gasteiger partial charge in [-0.25, -0.2) is 4.98 Å². The number of aryl methyl sites for hydroxylation is 1. The van der Waals surface area contributed by atoms with Crippen LogP contribution >= 0.6 is 0 Å². The van der Waals surface area contributed by atoms with E-state index in [0.717, 1.165) is 24.0 Å². The second-order valence-corrected chi connectivity index (χ2v) is 7.65. The van der Waals surface area contributed by atoms with Crippen LogP contribution in [0.1, 0.15) is 34.8 Å². The maximum Gasteiger partial charge on any atom is 0.260 e. The molecular weight excluding hydrogens is 432 g/mol. The average Bonchev–Trinajstić information content (AvgIpc) is 2.85. The molecule has 2 heterocycles. The summed E-state index contributed by atoms with van der Waals surface area (Å²) in [6, 6.07) is 9.19. The van der Waals surface area contributed by atoms with Gasteiger partial charge in [0.15, 0.2) is 0 Å². The van der Waals surface area contributed by atoms with E-state index in [9.17, 15) is 9.59 Å². The molecule has 10 heteroatoms. The number of rotatable bonds is 11. The predicted molar refractivity (Wildman–Crippen MR) is 134 cm³/mol. The number of carbonyl (C=O) groups is 2. The Kier molecular flexibility index (Phi) is 8.87. The van der Waals surface area contributed by atoms with Crippen molar-refractivity contribution in [3.63, 3.8) is 0 Å². The molecule has 178 valence electrons. The summed E-state index contributed by atoms with van der Waals surface area (Å²) in [7, 11) is 0. The van der Waals surface area contributed by atoms with E-state index >= 15 is 0 Å². The molecule has 0 saturated heterocycles. The van der Waals surface area contributed by atoms with E-state index in [1.165, 1.54) is 6.20 Å². The third-order valence-electron chi connectivity index (χ3n) is 4.98. The van der Waals surface area contributed by atoms with Gasteiger partial charge in [0, 0.05) is 43.1 Å². The van der Waals surface area contributed by atoms with Crippen molar-refractivity contribution >= 4 is 35.0 Å². The lowest BCUT2D eigenvalue weighted by molar-refractivity contribution is -0.114. The summed E-state index contributed by atoms with van der Waals surface area (Å²) < 4.78 is 0. The quantitative estimate of drug-likeness (QED) is 0.292. The highest BCUT2D eigenvalue weighted by molar-refractivity contribution is 6.07. The molecule has 0 aliphatic rings. The van der Waals surface area contributed by atoms with Crippen molar-refractivity contribution in [2.75, 3.05) is 40.9 Å². The van der Waals surface area contributed by atoms with E-state index in [1.54, 1.807) is 24.5 Å². The van der Waals surface area contributed by atoms with Crippen molar-refractivity contribution in [3.05, 3.63) is 65.6 Å². The number of carbonyl (C=O) groups excluding carboxylic acids is 2. The van der Waals surface area contributed by atoms with Crippen molar-refractivity contribution in [2.45, 2.75) is 26.7 Å². The van der Waals surface area contributed by atoms with Crippen LogP contribution in [-0.2, 0) is 11.2 Å². The standard InChI is InChI=1S/C24H30N8O2/c1-3-9-27-22-19(15-29-24(32-22)28-12-8-17-6-10-26-11-7-17)23(34)30-18-5-4-16(2)20(13-18)31-21(33)14-25/h4-7,10-11,13,15H,3,8-9,12,14,25H2,1-2H3,(H,30,34)(H,31,33)(H2,27,28,29,32). The van der Waals surface area contributed by atoms with Gasteiger partial charge in [-0.1, -0.05) is 13.0 Å². The highest BCUT2D eigenvalue weighted by Crippen LogP contribution is 2.22. The zero-order valence-electron chi connectivity index (χ0n) is 19.4. The molecule has 0 unspecified atom stereocenters. The highest BCUT2D eigenvalue weighted by atomic mass is 16.2. The Labute approximate surface area is 198 Å². The molecule has 34 heavy (non-hydrogen) atoms. The van der Waals surface area contributed by atoms with Crippen molar-refractivity contribution in [2.24, 2.45) is 5.73 Å². The number of benzene rings is 1. The van der Waals surface area contributed by atoms with E-state index in [-0.39, 0.29) is 18.4 Å². The minimum atomic E-state index is -0.359. The van der Waals surface area contributed by atoms with Gasteiger partial charge in [-0.05, 0) is 55.2 Å². The third kappa shape index (κ3) is 6.97. The van der Waals surface area contributed by atoms with E-state index in [4.69, 9.17) is 5.73 Å². The second kappa shape index (κ2) is 12.3. The van der Waals surface area contributed by atoms with Crippen LogP contribution in [0.15, 0.2) is 48.9 Å². The Balaban J connectivity index is 1.72. The van der Waals surface area contributed by atoms with E-state index in [1.807, 2.05) is 32.0 Å². The maximum absolute atomic E-state index is 13.0. The van der Waals surface area contributed by atoms with Crippen molar-refractivity contribution in [1.29, 1.82) is 0 Å². The van der Waals surface area contributed by atoms with Gasteiger partial charge in [-0.15, -0.1) is 0 Å². The number of anilines is 4. The van der Waals surface area contributed by atoms with Crippen LogP contribution in [0.4, 0.5) is 23.1 Å².